The van der Waals surface area contributed by atoms with Gasteiger partial charge in [0.1, 0.15) is 23.3 Å². The van der Waals surface area contributed by atoms with Crippen molar-refractivity contribution >= 4 is 5.91 Å². The fourth-order valence-electron chi connectivity index (χ4n) is 2.67. The van der Waals surface area contributed by atoms with E-state index in [-0.39, 0.29) is 18.1 Å². The van der Waals surface area contributed by atoms with Crippen LogP contribution >= 0.6 is 0 Å². The molecule has 128 valence electrons. The Morgan fingerprint density at radius 2 is 1.88 bits per heavy atom. The van der Waals surface area contributed by atoms with E-state index in [0.717, 1.165) is 11.1 Å². The number of phenolic OH excluding ortho intramolecular Hbond substituents is 1. The van der Waals surface area contributed by atoms with E-state index < -0.39 is 6.04 Å². The number of carbonyl (C=O) groups excluding carboxylic acids is 1. The first-order valence-electron chi connectivity index (χ1n) is 7.91. The van der Waals surface area contributed by atoms with Crippen molar-refractivity contribution in [1.29, 1.82) is 0 Å². The number of aromatic hydroxyl groups is 1. The number of phenols is 1. The van der Waals surface area contributed by atoms with E-state index in [2.05, 4.69) is 5.32 Å². The molecule has 0 fully saturated rings. The summed E-state index contributed by atoms with van der Waals surface area (Å²) in [5.74, 6) is 1.32. The van der Waals surface area contributed by atoms with E-state index in [1.165, 1.54) is 0 Å². The van der Waals surface area contributed by atoms with Gasteiger partial charge in [0.05, 0.1) is 19.8 Å². The fourth-order valence-corrected chi connectivity index (χ4v) is 2.67. The first-order chi connectivity index (χ1) is 12.2. The van der Waals surface area contributed by atoms with Crippen molar-refractivity contribution in [3.05, 3.63) is 83.8 Å². The highest BCUT2D eigenvalue weighted by Gasteiger charge is 2.22. The molecule has 5 heteroatoms. The zero-order valence-electron chi connectivity index (χ0n) is 13.8. The maximum absolute atomic E-state index is 12.5. The highest BCUT2D eigenvalue weighted by atomic mass is 16.5. The standard InChI is InChI=1S/C20H19NO4/c1-24-17-6-3-2-5-16(17)20(18-7-4-12-25-18)21-19(23)13-14-8-10-15(22)11-9-14/h2-12,20,22H,13H2,1H3,(H,21,23). The Hall–Kier alpha value is -3.21. The molecule has 0 aliphatic carbocycles. The molecule has 1 unspecified atom stereocenters. The fraction of sp³-hybridized carbons (Fsp3) is 0.150. The van der Waals surface area contributed by atoms with E-state index in [1.807, 2.05) is 30.3 Å². The van der Waals surface area contributed by atoms with Gasteiger partial charge in [-0.25, -0.2) is 0 Å². The van der Waals surface area contributed by atoms with Gasteiger partial charge in [-0.05, 0) is 35.9 Å². The molecule has 3 aromatic rings. The Kier molecular flexibility index (Phi) is 5.04. The predicted molar refractivity (Wildman–Crippen MR) is 93.5 cm³/mol. The van der Waals surface area contributed by atoms with Gasteiger partial charge in [0.25, 0.3) is 0 Å². The summed E-state index contributed by atoms with van der Waals surface area (Å²) in [4.78, 5) is 12.5. The lowest BCUT2D eigenvalue weighted by molar-refractivity contribution is -0.121. The summed E-state index contributed by atoms with van der Waals surface area (Å²) >= 11 is 0. The molecule has 0 spiro atoms. The molecular formula is C20H19NO4. The molecule has 0 aliphatic rings. The van der Waals surface area contributed by atoms with Gasteiger partial charge < -0.3 is 19.6 Å². The Morgan fingerprint density at radius 3 is 2.56 bits per heavy atom. The highest BCUT2D eigenvalue weighted by molar-refractivity contribution is 5.79. The van der Waals surface area contributed by atoms with Crippen molar-refractivity contribution in [2.24, 2.45) is 0 Å². The van der Waals surface area contributed by atoms with Gasteiger partial charge in [0, 0.05) is 5.56 Å². The van der Waals surface area contributed by atoms with Crippen LogP contribution in [0.4, 0.5) is 0 Å². The molecule has 1 heterocycles. The van der Waals surface area contributed by atoms with Gasteiger partial charge >= 0.3 is 0 Å². The van der Waals surface area contributed by atoms with Crippen molar-refractivity contribution in [2.75, 3.05) is 7.11 Å². The summed E-state index contributed by atoms with van der Waals surface area (Å²) in [6.45, 7) is 0. The lowest BCUT2D eigenvalue weighted by Crippen LogP contribution is -2.30. The van der Waals surface area contributed by atoms with Crippen molar-refractivity contribution in [3.8, 4) is 11.5 Å². The highest BCUT2D eigenvalue weighted by Crippen LogP contribution is 2.30. The van der Waals surface area contributed by atoms with Crippen LogP contribution in [0.1, 0.15) is 22.9 Å². The summed E-state index contributed by atoms with van der Waals surface area (Å²) in [7, 11) is 1.59. The van der Waals surface area contributed by atoms with Crippen LogP contribution in [0.2, 0.25) is 0 Å². The summed E-state index contributed by atoms with van der Waals surface area (Å²) in [6.07, 6.45) is 1.77. The Morgan fingerprint density at radius 1 is 1.12 bits per heavy atom. The largest absolute Gasteiger partial charge is 0.508 e. The summed E-state index contributed by atoms with van der Waals surface area (Å²) in [5, 5.41) is 12.3. The molecule has 0 bridgehead atoms. The SMILES string of the molecule is COc1ccccc1C(NC(=O)Cc1ccc(O)cc1)c1ccco1. The van der Waals surface area contributed by atoms with Gasteiger partial charge in [-0.3, -0.25) is 4.79 Å². The number of methoxy groups -OCH3 is 1. The van der Waals surface area contributed by atoms with Crippen LogP contribution in [0.15, 0.2) is 71.3 Å². The number of hydrogen-bond donors (Lipinski definition) is 2. The van der Waals surface area contributed by atoms with Crippen LogP contribution in [-0.4, -0.2) is 18.1 Å². The molecule has 3 rings (SSSR count). The van der Waals surface area contributed by atoms with Crippen molar-refractivity contribution in [3.63, 3.8) is 0 Å². The molecule has 25 heavy (non-hydrogen) atoms. The number of nitrogens with one attached hydrogen (secondary N) is 1. The second kappa shape index (κ2) is 7.57. The molecule has 2 N–H and O–H groups in total. The zero-order chi connectivity index (χ0) is 17.6. The Balaban J connectivity index is 1.83. The normalized spacial score (nSPS) is 11.7. The minimum absolute atomic E-state index is 0.155. The minimum atomic E-state index is -0.448. The lowest BCUT2D eigenvalue weighted by atomic mass is 10.0. The Bertz CT molecular complexity index is 825. The molecule has 0 saturated heterocycles. The van der Waals surface area contributed by atoms with Crippen LogP contribution in [0.5, 0.6) is 11.5 Å². The second-order valence-corrected chi connectivity index (χ2v) is 5.60. The summed E-state index contributed by atoms with van der Waals surface area (Å²) < 4.78 is 10.9. The van der Waals surface area contributed by atoms with E-state index in [9.17, 15) is 9.90 Å². The summed E-state index contributed by atoms with van der Waals surface area (Å²) in [6, 6.07) is 17.2. The predicted octanol–water partition coefficient (Wildman–Crippen LogP) is 3.44. The maximum Gasteiger partial charge on any atom is 0.225 e. The molecule has 2 aromatic carbocycles. The van der Waals surface area contributed by atoms with Crippen LogP contribution in [0, 0.1) is 0 Å². The minimum Gasteiger partial charge on any atom is -0.508 e. The first kappa shape index (κ1) is 16.6. The number of carbonyl (C=O) groups is 1. The zero-order valence-corrected chi connectivity index (χ0v) is 13.8. The molecule has 1 atom stereocenters. The number of benzene rings is 2. The van der Waals surface area contributed by atoms with Gasteiger partial charge in [-0.2, -0.15) is 0 Å². The number of amides is 1. The van der Waals surface area contributed by atoms with Crippen LogP contribution in [0.3, 0.4) is 0 Å². The van der Waals surface area contributed by atoms with E-state index in [0.29, 0.717) is 11.5 Å². The van der Waals surface area contributed by atoms with Gasteiger partial charge in [0.2, 0.25) is 5.91 Å². The average Bonchev–Trinajstić information content (AvgIpc) is 3.16. The first-order valence-corrected chi connectivity index (χ1v) is 7.91. The smallest absolute Gasteiger partial charge is 0.225 e. The second-order valence-electron chi connectivity index (χ2n) is 5.60. The third-order valence-corrected chi connectivity index (χ3v) is 3.88. The third kappa shape index (κ3) is 4.01. The molecule has 1 amide bonds. The molecule has 5 nitrogen and oxygen atoms in total. The molecule has 0 aliphatic heterocycles. The van der Waals surface area contributed by atoms with Gasteiger partial charge in [-0.1, -0.05) is 30.3 Å². The van der Waals surface area contributed by atoms with Gasteiger partial charge in [-0.15, -0.1) is 0 Å². The monoisotopic (exact) mass is 337 g/mol. The molecular weight excluding hydrogens is 318 g/mol. The van der Waals surface area contributed by atoms with Gasteiger partial charge in [0.15, 0.2) is 0 Å². The molecule has 1 aromatic heterocycles. The van der Waals surface area contributed by atoms with Crippen molar-refractivity contribution in [1.82, 2.24) is 5.32 Å². The van der Waals surface area contributed by atoms with Crippen molar-refractivity contribution in [2.45, 2.75) is 12.5 Å². The number of rotatable bonds is 6. The van der Waals surface area contributed by atoms with Crippen molar-refractivity contribution < 1.29 is 19.1 Å². The number of hydrogen-bond acceptors (Lipinski definition) is 4. The lowest BCUT2D eigenvalue weighted by Gasteiger charge is -2.19. The molecule has 0 radical (unpaired) electrons. The van der Waals surface area contributed by atoms with Crippen LogP contribution < -0.4 is 10.1 Å². The quantitative estimate of drug-likeness (QED) is 0.723. The van der Waals surface area contributed by atoms with Crippen LogP contribution in [0.25, 0.3) is 0 Å². The number of para-hydroxylation sites is 1. The topological polar surface area (TPSA) is 71.7 Å². The number of furan rings is 1. The maximum atomic E-state index is 12.5. The average molecular weight is 337 g/mol. The van der Waals surface area contributed by atoms with Crippen LogP contribution in [-0.2, 0) is 11.2 Å². The van der Waals surface area contributed by atoms with E-state index in [4.69, 9.17) is 9.15 Å². The molecule has 0 saturated carbocycles. The van der Waals surface area contributed by atoms with E-state index in [1.54, 1.807) is 43.7 Å². The number of ether oxygens (including phenoxy) is 1. The summed E-state index contributed by atoms with van der Waals surface area (Å²) in [5.41, 5.74) is 1.63. The third-order valence-electron chi connectivity index (χ3n) is 3.88. The Labute approximate surface area is 145 Å². The van der Waals surface area contributed by atoms with E-state index >= 15 is 0 Å².